The predicted molar refractivity (Wildman–Crippen MR) is 69.5 cm³/mol. The van der Waals surface area contributed by atoms with E-state index in [4.69, 9.17) is 21.6 Å². The van der Waals surface area contributed by atoms with Crippen LogP contribution in [0.1, 0.15) is 12.6 Å². The zero-order valence-corrected chi connectivity index (χ0v) is 10.9. The summed E-state index contributed by atoms with van der Waals surface area (Å²) in [6.45, 7) is 2.47. The van der Waals surface area contributed by atoms with Crippen molar-refractivity contribution in [3.63, 3.8) is 0 Å². The maximum Gasteiger partial charge on any atom is 0.166 e. The summed E-state index contributed by atoms with van der Waals surface area (Å²) in [4.78, 5) is 4.03. The van der Waals surface area contributed by atoms with Gasteiger partial charge in [-0.05, 0) is 25.1 Å². The van der Waals surface area contributed by atoms with Crippen LogP contribution < -0.4 is 4.74 Å². The zero-order chi connectivity index (χ0) is 13.1. The van der Waals surface area contributed by atoms with E-state index in [1.165, 1.54) is 0 Å². The molecule has 1 heterocycles. The second-order valence-corrected chi connectivity index (χ2v) is 4.15. The van der Waals surface area contributed by atoms with E-state index in [0.717, 1.165) is 11.3 Å². The van der Waals surface area contributed by atoms with Crippen LogP contribution in [0.25, 0.3) is 11.3 Å². The van der Waals surface area contributed by atoms with E-state index < -0.39 is 0 Å². The van der Waals surface area contributed by atoms with Gasteiger partial charge in [-0.3, -0.25) is 0 Å². The Hall–Kier alpha value is -1.99. The summed E-state index contributed by atoms with van der Waals surface area (Å²) < 4.78 is 7.17. The van der Waals surface area contributed by atoms with Gasteiger partial charge in [0.2, 0.25) is 0 Å². The molecule has 0 amide bonds. The van der Waals surface area contributed by atoms with Gasteiger partial charge >= 0.3 is 0 Å². The van der Waals surface area contributed by atoms with E-state index in [0.29, 0.717) is 23.1 Å². The first-order chi connectivity index (χ1) is 8.67. The number of ether oxygens (including phenoxy) is 1. The Labute approximate surface area is 110 Å². The maximum atomic E-state index is 9.02. The van der Waals surface area contributed by atoms with Crippen LogP contribution in [0.4, 0.5) is 0 Å². The molecule has 18 heavy (non-hydrogen) atoms. The molecule has 0 radical (unpaired) electrons. The van der Waals surface area contributed by atoms with Crippen LogP contribution in [0.3, 0.4) is 0 Å². The molecule has 92 valence electrons. The van der Waals surface area contributed by atoms with E-state index in [2.05, 4.69) is 11.1 Å². The second-order valence-electron chi connectivity index (χ2n) is 3.74. The van der Waals surface area contributed by atoms with Gasteiger partial charge in [0, 0.05) is 12.6 Å². The summed E-state index contributed by atoms with van der Waals surface area (Å²) in [6, 6.07) is 7.52. The van der Waals surface area contributed by atoms with Gasteiger partial charge in [-0.15, -0.1) is 0 Å². The van der Waals surface area contributed by atoms with Gasteiger partial charge in [0.15, 0.2) is 5.69 Å². The van der Waals surface area contributed by atoms with Gasteiger partial charge in [-0.2, -0.15) is 5.26 Å². The second kappa shape index (κ2) is 5.11. The Kier molecular flexibility index (Phi) is 3.54. The highest BCUT2D eigenvalue weighted by molar-refractivity contribution is 6.32. The molecule has 0 bridgehead atoms. The number of imidazole rings is 1. The van der Waals surface area contributed by atoms with E-state index in [9.17, 15) is 0 Å². The molecule has 1 aromatic heterocycles. The number of halogens is 1. The number of aryl methyl sites for hydroxylation is 1. The van der Waals surface area contributed by atoms with Crippen molar-refractivity contribution >= 4 is 11.6 Å². The minimum absolute atomic E-state index is 0.387. The highest BCUT2D eigenvalue weighted by atomic mass is 35.5. The topological polar surface area (TPSA) is 50.8 Å². The van der Waals surface area contributed by atoms with E-state index in [1.54, 1.807) is 23.0 Å². The number of nitrogens with zero attached hydrogens (tertiary/aromatic N) is 3. The molecule has 5 heteroatoms. The molecule has 0 N–H and O–H groups in total. The van der Waals surface area contributed by atoms with E-state index >= 15 is 0 Å². The molecule has 0 aliphatic carbocycles. The Morgan fingerprint density at radius 1 is 1.50 bits per heavy atom. The predicted octanol–water partition coefficient (Wildman–Crippen LogP) is 3.01. The highest BCUT2D eigenvalue weighted by Crippen LogP contribution is 2.31. The molecular weight excluding hydrogens is 250 g/mol. The lowest BCUT2D eigenvalue weighted by molar-refractivity contribution is 0.340. The molecule has 0 aliphatic rings. The molecule has 0 aliphatic heterocycles. The van der Waals surface area contributed by atoms with Gasteiger partial charge in [-0.25, -0.2) is 4.98 Å². The van der Waals surface area contributed by atoms with Crippen LogP contribution in [0.5, 0.6) is 5.75 Å². The normalized spacial score (nSPS) is 10.1. The molecule has 0 unspecified atom stereocenters. The standard InChI is InChI=1S/C13H12ClN3O/c1-3-18-12-5-4-9(6-10(12)14)13-11(7-15)16-8-17(13)2/h4-6,8H,3H2,1-2H3. The van der Waals surface area contributed by atoms with Gasteiger partial charge in [0.05, 0.1) is 23.7 Å². The minimum Gasteiger partial charge on any atom is -0.492 e. The third-order valence-corrected chi connectivity index (χ3v) is 2.84. The highest BCUT2D eigenvalue weighted by Gasteiger charge is 2.12. The van der Waals surface area contributed by atoms with E-state index in [-0.39, 0.29) is 0 Å². The fraction of sp³-hybridized carbons (Fsp3) is 0.231. The summed E-state index contributed by atoms with van der Waals surface area (Å²) in [5, 5.41) is 9.54. The Morgan fingerprint density at radius 3 is 2.89 bits per heavy atom. The van der Waals surface area contributed by atoms with Crippen LogP contribution in [0.2, 0.25) is 5.02 Å². The molecule has 0 spiro atoms. The lowest BCUT2D eigenvalue weighted by Crippen LogP contribution is -1.95. The molecule has 0 atom stereocenters. The molecule has 2 aromatic rings. The average molecular weight is 262 g/mol. The van der Waals surface area contributed by atoms with Crippen molar-refractivity contribution in [3.8, 4) is 23.1 Å². The average Bonchev–Trinajstić information content (AvgIpc) is 2.73. The lowest BCUT2D eigenvalue weighted by atomic mass is 10.1. The van der Waals surface area contributed by atoms with Gasteiger partial charge in [-0.1, -0.05) is 11.6 Å². The zero-order valence-electron chi connectivity index (χ0n) is 10.1. The summed E-state index contributed by atoms with van der Waals surface area (Å²) in [5.74, 6) is 0.642. The van der Waals surface area contributed by atoms with Gasteiger partial charge in [0.1, 0.15) is 11.8 Å². The maximum absolute atomic E-state index is 9.02. The van der Waals surface area contributed by atoms with Crippen molar-refractivity contribution in [2.24, 2.45) is 7.05 Å². The molecule has 2 rings (SSSR count). The molecule has 0 saturated carbocycles. The van der Waals surface area contributed by atoms with Crippen LogP contribution in [-0.2, 0) is 7.05 Å². The fourth-order valence-corrected chi connectivity index (χ4v) is 2.01. The first-order valence-corrected chi connectivity index (χ1v) is 5.89. The van der Waals surface area contributed by atoms with Crippen molar-refractivity contribution < 1.29 is 4.74 Å². The van der Waals surface area contributed by atoms with Crippen molar-refractivity contribution in [1.29, 1.82) is 5.26 Å². The van der Waals surface area contributed by atoms with Crippen LogP contribution in [0.15, 0.2) is 24.5 Å². The Balaban J connectivity index is 2.49. The van der Waals surface area contributed by atoms with Crippen LogP contribution in [0, 0.1) is 11.3 Å². The molecular formula is C13H12ClN3O. The first-order valence-electron chi connectivity index (χ1n) is 5.51. The van der Waals surface area contributed by atoms with Gasteiger partial charge in [0.25, 0.3) is 0 Å². The minimum atomic E-state index is 0.387. The lowest BCUT2D eigenvalue weighted by Gasteiger charge is -2.08. The number of hydrogen-bond acceptors (Lipinski definition) is 3. The van der Waals surface area contributed by atoms with Crippen molar-refractivity contribution in [2.45, 2.75) is 6.92 Å². The summed E-state index contributed by atoms with van der Waals surface area (Å²) in [7, 11) is 1.84. The Morgan fingerprint density at radius 2 is 2.28 bits per heavy atom. The summed E-state index contributed by atoms with van der Waals surface area (Å²) in [5.41, 5.74) is 1.99. The number of hydrogen-bond donors (Lipinski definition) is 0. The summed E-state index contributed by atoms with van der Waals surface area (Å²) in [6.07, 6.45) is 1.61. The number of rotatable bonds is 3. The van der Waals surface area contributed by atoms with E-state index in [1.807, 2.05) is 20.0 Å². The van der Waals surface area contributed by atoms with Gasteiger partial charge < -0.3 is 9.30 Å². The quantitative estimate of drug-likeness (QED) is 0.853. The van der Waals surface area contributed by atoms with Crippen molar-refractivity contribution in [3.05, 3.63) is 35.2 Å². The fourth-order valence-electron chi connectivity index (χ4n) is 1.77. The molecule has 1 aromatic carbocycles. The Bertz CT molecular complexity index is 613. The number of nitriles is 1. The SMILES string of the molecule is CCOc1ccc(-c2c(C#N)ncn2C)cc1Cl. The van der Waals surface area contributed by atoms with Crippen LogP contribution in [-0.4, -0.2) is 16.2 Å². The van der Waals surface area contributed by atoms with Crippen LogP contribution >= 0.6 is 11.6 Å². The monoisotopic (exact) mass is 261 g/mol. The third kappa shape index (κ3) is 2.18. The largest absolute Gasteiger partial charge is 0.492 e. The third-order valence-electron chi connectivity index (χ3n) is 2.55. The smallest absolute Gasteiger partial charge is 0.166 e. The first kappa shape index (κ1) is 12.5. The molecule has 0 fully saturated rings. The van der Waals surface area contributed by atoms with Crippen molar-refractivity contribution in [2.75, 3.05) is 6.61 Å². The van der Waals surface area contributed by atoms with Crippen molar-refractivity contribution in [1.82, 2.24) is 9.55 Å². The molecule has 0 saturated heterocycles. The number of aromatic nitrogens is 2. The molecule has 4 nitrogen and oxygen atoms in total. The summed E-state index contributed by atoms with van der Waals surface area (Å²) >= 11 is 6.14. The number of benzene rings is 1.